The molecule has 0 amide bonds. The first-order valence-corrected chi connectivity index (χ1v) is 18.9. The van der Waals surface area contributed by atoms with Gasteiger partial charge in [0.1, 0.15) is 0 Å². The van der Waals surface area contributed by atoms with Crippen LogP contribution in [0.3, 0.4) is 0 Å². The van der Waals surface area contributed by atoms with Gasteiger partial charge in [-0.1, -0.05) is 146 Å². The molecule has 11 rings (SSSR count). The maximum absolute atomic E-state index is 5.05. The summed E-state index contributed by atoms with van der Waals surface area (Å²) in [6.45, 7) is 0. The van der Waals surface area contributed by atoms with Crippen LogP contribution in [-0.2, 0) is 0 Å². The third-order valence-corrected chi connectivity index (χ3v) is 10.7. The van der Waals surface area contributed by atoms with E-state index in [0.29, 0.717) is 17.5 Å². The van der Waals surface area contributed by atoms with Crippen molar-refractivity contribution in [2.24, 2.45) is 0 Å². The van der Waals surface area contributed by atoms with Crippen LogP contribution in [0.25, 0.3) is 100 Å². The Bertz CT molecular complexity index is 3160. The molecule has 0 atom stereocenters. The summed E-state index contributed by atoms with van der Waals surface area (Å²) in [5, 5.41) is 4.89. The molecule has 0 fully saturated rings. The highest BCUT2D eigenvalue weighted by atomic mass is 15.0. The van der Waals surface area contributed by atoms with Gasteiger partial charge in [-0.15, -0.1) is 0 Å². The zero-order valence-electron chi connectivity index (χ0n) is 30.3. The van der Waals surface area contributed by atoms with E-state index >= 15 is 0 Å². The first-order valence-electron chi connectivity index (χ1n) is 18.9. The summed E-state index contributed by atoms with van der Waals surface area (Å²) in [6.07, 6.45) is 0. The molecule has 3 aromatic heterocycles. The SMILES string of the molecule is c1ccc(-c2ccc3c(c2)c2c4c5ccccc5n(-c5cccc(-c6nc(-c7ccccc7)nc(-c7ccccc7)n6)c5)c4ccc2n3-c2ccccc2)cc1. The van der Waals surface area contributed by atoms with Gasteiger partial charge in [0.15, 0.2) is 17.5 Å². The number of rotatable bonds is 6. The Hall–Kier alpha value is -7.63. The molecule has 0 radical (unpaired) electrons. The molecule has 0 aliphatic rings. The quantitative estimate of drug-likeness (QED) is 0.172. The molecule has 56 heavy (non-hydrogen) atoms. The molecular weight excluding hydrogens is 683 g/mol. The highest BCUT2D eigenvalue weighted by molar-refractivity contribution is 6.29. The Balaban J connectivity index is 1.17. The van der Waals surface area contributed by atoms with E-state index in [1.165, 1.54) is 43.7 Å². The van der Waals surface area contributed by atoms with Crippen molar-refractivity contribution in [3.63, 3.8) is 0 Å². The number of fused-ring (bicyclic) bond motifs is 7. The van der Waals surface area contributed by atoms with E-state index in [2.05, 4.69) is 149 Å². The second-order valence-electron chi connectivity index (χ2n) is 14.1. The summed E-state index contributed by atoms with van der Waals surface area (Å²) in [7, 11) is 0. The molecule has 0 bridgehead atoms. The maximum Gasteiger partial charge on any atom is 0.164 e. The third-order valence-electron chi connectivity index (χ3n) is 10.7. The smallest absolute Gasteiger partial charge is 0.164 e. The summed E-state index contributed by atoms with van der Waals surface area (Å²) >= 11 is 0. The summed E-state index contributed by atoms with van der Waals surface area (Å²) in [5.74, 6) is 1.91. The van der Waals surface area contributed by atoms with Gasteiger partial charge in [-0.2, -0.15) is 0 Å². The van der Waals surface area contributed by atoms with Crippen molar-refractivity contribution in [2.75, 3.05) is 0 Å². The minimum atomic E-state index is 0.627. The van der Waals surface area contributed by atoms with Gasteiger partial charge in [0.2, 0.25) is 0 Å². The van der Waals surface area contributed by atoms with Gasteiger partial charge in [0.05, 0.1) is 22.1 Å². The van der Waals surface area contributed by atoms with Crippen molar-refractivity contribution >= 4 is 43.6 Å². The van der Waals surface area contributed by atoms with E-state index in [4.69, 9.17) is 15.0 Å². The summed E-state index contributed by atoms with van der Waals surface area (Å²) in [5.41, 5.74) is 12.0. The highest BCUT2D eigenvalue weighted by Gasteiger charge is 2.21. The normalized spacial score (nSPS) is 11.6. The van der Waals surface area contributed by atoms with Crippen LogP contribution in [0.1, 0.15) is 0 Å². The van der Waals surface area contributed by atoms with Crippen LogP contribution < -0.4 is 0 Å². The molecule has 0 aliphatic carbocycles. The van der Waals surface area contributed by atoms with E-state index in [-0.39, 0.29) is 0 Å². The molecule has 262 valence electrons. The molecule has 8 aromatic carbocycles. The van der Waals surface area contributed by atoms with Gasteiger partial charge >= 0.3 is 0 Å². The fraction of sp³-hybridized carbons (Fsp3) is 0. The van der Waals surface area contributed by atoms with Crippen LogP contribution in [0, 0.1) is 0 Å². The minimum absolute atomic E-state index is 0.627. The van der Waals surface area contributed by atoms with Crippen molar-refractivity contribution in [1.82, 2.24) is 24.1 Å². The van der Waals surface area contributed by atoms with Crippen molar-refractivity contribution in [3.8, 4) is 56.7 Å². The third kappa shape index (κ3) is 5.21. The lowest BCUT2D eigenvalue weighted by Crippen LogP contribution is -2.01. The maximum atomic E-state index is 5.05. The number of hydrogen-bond acceptors (Lipinski definition) is 3. The Morgan fingerprint density at radius 1 is 0.268 bits per heavy atom. The van der Waals surface area contributed by atoms with E-state index in [1.54, 1.807) is 0 Å². The molecule has 0 aliphatic heterocycles. The molecule has 0 unspecified atom stereocenters. The minimum Gasteiger partial charge on any atom is -0.309 e. The topological polar surface area (TPSA) is 48.5 Å². The van der Waals surface area contributed by atoms with Crippen molar-refractivity contribution in [3.05, 3.63) is 200 Å². The average Bonchev–Trinajstić information content (AvgIpc) is 3.80. The second kappa shape index (κ2) is 13.0. The van der Waals surface area contributed by atoms with E-state index in [1.807, 2.05) is 60.7 Å². The Morgan fingerprint density at radius 3 is 1.36 bits per heavy atom. The Labute approximate surface area is 323 Å². The number of nitrogens with zero attached hydrogens (tertiary/aromatic N) is 5. The summed E-state index contributed by atoms with van der Waals surface area (Å²) < 4.78 is 4.79. The Kier molecular flexibility index (Phi) is 7.42. The fourth-order valence-corrected chi connectivity index (χ4v) is 8.23. The van der Waals surface area contributed by atoms with E-state index in [0.717, 1.165) is 39.1 Å². The molecule has 0 saturated heterocycles. The largest absolute Gasteiger partial charge is 0.309 e. The lowest BCUT2D eigenvalue weighted by molar-refractivity contribution is 1.07. The lowest BCUT2D eigenvalue weighted by atomic mass is 10.0. The van der Waals surface area contributed by atoms with Crippen LogP contribution in [0.15, 0.2) is 200 Å². The lowest BCUT2D eigenvalue weighted by Gasteiger charge is -2.12. The summed E-state index contributed by atoms with van der Waals surface area (Å²) in [6, 6.07) is 70.4. The zero-order valence-corrected chi connectivity index (χ0v) is 30.3. The number of benzene rings is 8. The molecule has 3 heterocycles. The number of hydrogen-bond donors (Lipinski definition) is 0. The predicted octanol–water partition coefficient (Wildman–Crippen LogP) is 12.7. The van der Waals surface area contributed by atoms with Gasteiger partial charge < -0.3 is 9.13 Å². The zero-order chi connectivity index (χ0) is 37.0. The van der Waals surface area contributed by atoms with Crippen LogP contribution in [0.4, 0.5) is 0 Å². The number of aromatic nitrogens is 5. The van der Waals surface area contributed by atoms with Gasteiger partial charge in [-0.05, 0) is 65.7 Å². The standard InChI is InChI=1S/C51H33N5/c1-5-16-34(17-6-1)37-28-29-44-42(33-37)48-46(55(44)39-23-11-4-12-24-39)31-30-45-47(48)41-26-13-14-27-43(41)56(45)40-25-15-22-38(32-40)51-53-49(35-18-7-2-8-19-35)52-50(54-51)36-20-9-3-10-21-36/h1-33H. The van der Waals surface area contributed by atoms with Crippen LogP contribution in [-0.4, -0.2) is 24.1 Å². The van der Waals surface area contributed by atoms with Crippen molar-refractivity contribution in [1.29, 1.82) is 0 Å². The molecule has 11 aromatic rings. The average molecular weight is 716 g/mol. The van der Waals surface area contributed by atoms with Gasteiger partial charge in [-0.25, -0.2) is 15.0 Å². The molecular formula is C51H33N5. The van der Waals surface area contributed by atoms with Crippen molar-refractivity contribution < 1.29 is 0 Å². The van der Waals surface area contributed by atoms with Crippen LogP contribution >= 0.6 is 0 Å². The molecule has 5 heteroatoms. The van der Waals surface area contributed by atoms with Crippen LogP contribution in [0.2, 0.25) is 0 Å². The highest BCUT2D eigenvalue weighted by Crippen LogP contribution is 2.43. The molecule has 0 saturated carbocycles. The first-order chi connectivity index (χ1) is 27.8. The Morgan fingerprint density at radius 2 is 0.714 bits per heavy atom. The summed E-state index contributed by atoms with van der Waals surface area (Å²) in [4.78, 5) is 15.0. The van der Waals surface area contributed by atoms with E-state index < -0.39 is 0 Å². The second-order valence-corrected chi connectivity index (χ2v) is 14.1. The first kappa shape index (κ1) is 31.9. The van der Waals surface area contributed by atoms with Crippen molar-refractivity contribution in [2.45, 2.75) is 0 Å². The monoisotopic (exact) mass is 715 g/mol. The molecule has 0 N–H and O–H groups in total. The van der Waals surface area contributed by atoms with Crippen LogP contribution in [0.5, 0.6) is 0 Å². The van der Waals surface area contributed by atoms with E-state index in [9.17, 15) is 0 Å². The van der Waals surface area contributed by atoms with Gasteiger partial charge in [0, 0.05) is 49.6 Å². The molecule has 0 spiro atoms. The number of para-hydroxylation sites is 2. The fourth-order valence-electron chi connectivity index (χ4n) is 8.23. The predicted molar refractivity (Wildman–Crippen MR) is 230 cm³/mol. The van der Waals surface area contributed by atoms with Gasteiger partial charge in [-0.3, -0.25) is 0 Å². The van der Waals surface area contributed by atoms with Gasteiger partial charge in [0.25, 0.3) is 0 Å². The molecule has 5 nitrogen and oxygen atoms in total.